The molecule has 0 fully saturated rings. The van der Waals surface area contributed by atoms with E-state index in [1.807, 2.05) is 12.1 Å². The van der Waals surface area contributed by atoms with E-state index >= 15 is 0 Å². The van der Waals surface area contributed by atoms with Crippen molar-refractivity contribution in [3.63, 3.8) is 0 Å². The molecule has 0 spiro atoms. The molecule has 2 rings (SSSR count). The standard InChI is InChI=1S/C16H24N2O/c1-4-8-16(2,3)18-15(19)13-6-5-12-7-9-17-11-14(12)10-13/h5-6,10,17H,4,7-9,11H2,1-3H3,(H,18,19). The summed E-state index contributed by atoms with van der Waals surface area (Å²) in [5, 5.41) is 6.46. The predicted molar refractivity (Wildman–Crippen MR) is 78.3 cm³/mol. The van der Waals surface area contributed by atoms with Gasteiger partial charge in [0.05, 0.1) is 0 Å². The number of fused-ring (bicyclic) bond motifs is 1. The summed E-state index contributed by atoms with van der Waals surface area (Å²) in [7, 11) is 0. The molecule has 3 heteroatoms. The van der Waals surface area contributed by atoms with Gasteiger partial charge in [0.25, 0.3) is 5.91 Å². The first-order valence-corrected chi connectivity index (χ1v) is 7.17. The Morgan fingerprint density at radius 3 is 2.89 bits per heavy atom. The van der Waals surface area contributed by atoms with Crippen molar-refractivity contribution in [1.29, 1.82) is 0 Å². The van der Waals surface area contributed by atoms with Crippen LogP contribution in [0.1, 0.15) is 55.1 Å². The Bertz CT molecular complexity index is 466. The van der Waals surface area contributed by atoms with Crippen LogP contribution >= 0.6 is 0 Å². The number of hydrogen-bond donors (Lipinski definition) is 2. The van der Waals surface area contributed by atoms with E-state index < -0.39 is 0 Å². The van der Waals surface area contributed by atoms with Crippen molar-refractivity contribution >= 4 is 5.91 Å². The molecule has 0 unspecified atom stereocenters. The van der Waals surface area contributed by atoms with Crippen LogP contribution < -0.4 is 10.6 Å². The molecule has 104 valence electrons. The third kappa shape index (κ3) is 3.57. The summed E-state index contributed by atoms with van der Waals surface area (Å²) in [6, 6.07) is 6.07. The van der Waals surface area contributed by atoms with Crippen molar-refractivity contribution in [2.75, 3.05) is 6.54 Å². The quantitative estimate of drug-likeness (QED) is 0.874. The van der Waals surface area contributed by atoms with E-state index in [0.717, 1.165) is 37.9 Å². The number of benzene rings is 1. The van der Waals surface area contributed by atoms with Crippen molar-refractivity contribution in [3.8, 4) is 0 Å². The average molecular weight is 260 g/mol. The average Bonchev–Trinajstić information content (AvgIpc) is 2.37. The molecule has 0 saturated carbocycles. The molecule has 1 aliphatic rings. The molecular weight excluding hydrogens is 236 g/mol. The third-order valence-corrected chi connectivity index (χ3v) is 3.68. The molecule has 1 aromatic carbocycles. The lowest BCUT2D eigenvalue weighted by Gasteiger charge is -2.26. The SMILES string of the molecule is CCCC(C)(C)NC(=O)c1ccc2c(c1)CNCC2. The van der Waals surface area contributed by atoms with E-state index in [9.17, 15) is 4.79 Å². The largest absolute Gasteiger partial charge is 0.347 e. The number of hydrogen-bond acceptors (Lipinski definition) is 2. The van der Waals surface area contributed by atoms with Gasteiger partial charge in [0.2, 0.25) is 0 Å². The second-order valence-electron chi connectivity index (χ2n) is 6.00. The smallest absolute Gasteiger partial charge is 0.251 e. The number of amides is 1. The number of carbonyl (C=O) groups excluding carboxylic acids is 1. The van der Waals surface area contributed by atoms with Gasteiger partial charge in [-0.3, -0.25) is 4.79 Å². The van der Waals surface area contributed by atoms with E-state index in [-0.39, 0.29) is 11.4 Å². The highest BCUT2D eigenvalue weighted by Gasteiger charge is 2.20. The second kappa shape index (κ2) is 5.74. The van der Waals surface area contributed by atoms with E-state index in [4.69, 9.17) is 0 Å². The molecule has 1 aromatic rings. The van der Waals surface area contributed by atoms with Gasteiger partial charge in [0.15, 0.2) is 0 Å². The molecule has 2 N–H and O–H groups in total. The Morgan fingerprint density at radius 2 is 2.16 bits per heavy atom. The van der Waals surface area contributed by atoms with Gasteiger partial charge in [-0.2, -0.15) is 0 Å². The molecule has 19 heavy (non-hydrogen) atoms. The molecule has 3 nitrogen and oxygen atoms in total. The molecular formula is C16H24N2O. The van der Waals surface area contributed by atoms with Crippen LogP contribution in [-0.2, 0) is 13.0 Å². The zero-order valence-corrected chi connectivity index (χ0v) is 12.2. The summed E-state index contributed by atoms with van der Waals surface area (Å²) >= 11 is 0. The molecule has 1 heterocycles. The van der Waals surface area contributed by atoms with Crippen LogP contribution in [0, 0.1) is 0 Å². The van der Waals surface area contributed by atoms with Crippen molar-refractivity contribution in [3.05, 3.63) is 34.9 Å². The van der Waals surface area contributed by atoms with Crippen LogP contribution in [-0.4, -0.2) is 18.0 Å². The van der Waals surface area contributed by atoms with E-state index in [1.165, 1.54) is 11.1 Å². The number of carbonyl (C=O) groups is 1. The maximum Gasteiger partial charge on any atom is 0.251 e. The molecule has 1 aliphatic heterocycles. The number of rotatable bonds is 4. The fourth-order valence-corrected chi connectivity index (χ4v) is 2.69. The highest BCUT2D eigenvalue weighted by Crippen LogP contribution is 2.17. The summed E-state index contributed by atoms with van der Waals surface area (Å²) < 4.78 is 0. The second-order valence-corrected chi connectivity index (χ2v) is 6.00. The molecule has 0 radical (unpaired) electrons. The van der Waals surface area contributed by atoms with E-state index in [1.54, 1.807) is 0 Å². The van der Waals surface area contributed by atoms with Crippen LogP contribution in [0.25, 0.3) is 0 Å². The highest BCUT2D eigenvalue weighted by atomic mass is 16.1. The fourth-order valence-electron chi connectivity index (χ4n) is 2.69. The molecule has 0 aromatic heterocycles. The van der Waals surface area contributed by atoms with E-state index in [0.29, 0.717) is 0 Å². The van der Waals surface area contributed by atoms with Gasteiger partial charge in [-0.05, 0) is 56.5 Å². The Hall–Kier alpha value is -1.35. The summed E-state index contributed by atoms with van der Waals surface area (Å²) in [5.74, 6) is 0.0341. The fraction of sp³-hybridized carbons (Fsp3) is 0.562. The summed E-state index contributed by atoms with van der Waals surface area (Å²) in [6.45, 7) is 8.19. The Morgan fingerprint density at radius 1 is 1.37 bits per heavy atom. The van der Waals surface area contributed by atoms with Gasteiger partial charge in [-0.25, -0.2) is 0 Å². The number of nitrogens with one attached hydrogen (secondary N) is 2. The first-order chi connectivity index (χ1) is 9.02. The van der Waals surface area contributed by atoms with Crippen molar-refractivity contribution in [2.24, 2.45) is 0 Å². The Kier molecular flexibility index (Phi) is 4.25. The molecule has 0 saturated heterocycles. The molecule has 0 atom stereocenters. The van der Waals surface area contributed by atoms with Gasteiger partial charge in [-0.1, -0.05) is 19.4 Å². The van der Waals surface area contributed by atoms with Gasteiger partial charge in [0.1, 0.15) is 0 Å². The first-order valence-electron chi connectivity index (χ1n) is 7.17. The molecule has 1 amide bonds. The van der Waals surface area contributed by atoms with Crippen molar-refractivity contribution in [2.45, 2.75) is 52.1 Å². The first kappa shape index (κ1) is 14.1. The maximum atomic E-state index is 12.3. The highest BCUT2D eigenvalue weighted by molar-refractivity contribution is 5.95. The summed E-state index contributed by atoms with van der Waals surface area (Å²) in [4.78, 5) is 12.3. The van der Waals surface area contributed by atoms with Crippen LogP contribution in [0.5, 0.6) is 0 Å². The molecule has 0 aliphatic carbocycles. The zero-order valence-electron chi connectivity index (χ0n) is 12.2. The maximum absolute atomic E-state index is 12.3. The minimum atomic E-state index is -0.139. The summed E-state index contributed by atoms with van der Waals surface area (Å²) in [6.07, 6.45) is 3.12. The van der Waals surface area contributed by atoms with Crippen LogP contribution in [0.2, 0.25) is 0 Å². The van der Waals surface area contributed by atoms with Crippen molar-refractivity contribution in [1.82, 2.24) is 10.6 Å². The normalized spacial score (nSPS) is 14.9. The van der Waals surface area contributed by atoms with Gasteiger partial charge in [-0.15, -0.1) is 0 Å². The predicted octanol–water partition coefficient (Wildman–Crippen LogP) is 2.64. The Labute approximate surface area is 115 Å². The van der Waals surface area contributed by atoms with Crippen LogP contribution in [0.3, 0.4) is 0 Å². The lowest BCUT2D eigenvalue weighted by Crippen LogP contribution is -2.43. The van der Waals surface area contributed by atoms with Crippen LogP contribution in [0.4, 0.5) is 0 Å². The third-order valence-electron chi connectivity index (χ3n) is 3.68. The zero-order chi connectivity index (χ0) is 13.9. The summed E-state index contributed by atoms with van der Waals surface area (Å²) in [5.41, 5.74) is 3.25. The van der Waals surface area contributed by atoms with E-state index in [2.05, 4.69) is 37.5 Å². The van der Waals surface area contributed by atoms with Gasteiger partial charge in [0, 0.05) is 17.6 Å². The topological polar surface area (TPSA) is 41.1 Å². The lowest BCUT2D eigenvalue weighted by atomic mass is 9.96. The van der Waals surface area contributed by atoms with Gasteiger partial charge >= 0.3 is 0 Å². The Balaban J connectivity index is 2.11. The lowest BCUT2D eigenvalue weighted by molar-refractivity contribution is 0.0909. The van der Waals surface area contributed by atoms with Gasteiger partial charge < -0.3 is 10.6 Å². The molecule has 0 bridgehead atoms. The monoisotopic (exact) mass is 260 g/mol. The minimum Gasteiger partial charge on any atom is -0.347 e. The van der Waals surface area contributed by atoms with Crippen LogP contribution in [0.15, 0.2) is 18.2 Å². The van der Waals surface area contributed by atoms with Crippen molar-refractivity contribution < 1.29 is 4.79 Å². The minimum absolute atomic E-state index is 0.0341.